The molecule has 0 heterocycles. The molecule has 0 spiro atoms. The summed E-state index contributed by atoms with van der Waals surface area (Å²) in [7, 11) is -3.40. The van der Waals surface area contributed by atoms with Crippen molar-refractivity contribution in [1.82, 2.24) is 4.72 Å². The van der Waals surface area contributed by atoms with Crippen LogP contribution in [-0.2, 0) is 10.0 Å². The molecule has 3 N–H and O–H groups in total. The van der Waals surface area contributed by atoms with Gasteiger partial charge in [0.1, 0.15) is 11.9 Å². The van der Waals surface area contributed by atoms with Crippen LogP contribution in [0, 0.1) is 0 Å². The summed E-state index contributed by atoms with van der Waals surface area (Å²) in [6, 6.07) is 6.76. The highest BCUT2D eigenvalue weighted by Crippen LogP contribution is 2.24. The molecule has 0 bridgehead atoms. The number of ether oxygens (including phenoxy) is 1. The maximum atomic E-state index is 11.9. The van der Waals surface area contributed by atoms with E-state index in [4.69, 9.17) is 10.5 Å². The second kappa shape index (κ2) is 6.56. The Bertz CT molecular complexity index is 528. The van der Waals surface area contributed by atoms with Crippen LogP contribution < -0.4 is 15.2 Å². The minimum atomic E-state index is -3.40. The van der Waals surface area contributed by atoms with E-state index in [9.17, 15) is 8.42 Å². The quantitative estimate of drug-likeness (QED) is 0.836. The monoisotopic (exact) mass is 298 g/mol. The smallest absolute Gasteiger partial charge is 0.240 e. The number of sulfonamides is 1. The average molecular weight is 298 g/mol. The van der Waals surface area contributed by atoms with Crippen molar-refractivity contribution in [3.63, 3.8) is 0 Å². The highest BCUT2D eigenvalue weighted by atomic mass is 32.2. The summed E-state index contributed by atoms with van der Waals surface area (Å²) in [5, 5.41) is 0. The van der Waals surface area contributed by atoms with Crippen molar-refractivity contribution in [2.75, 3.05) is 6.54 Å². The zero-order chi connectivity index (χ0) is 14.6. The number of hydrogen-bond donors (Lipinski definition) is 2. The Hall–Kier alpha value is -1.11. The van der Waals surface area contributed by atoms with E-state index < -0.39 is 10.0 Å². The predicted molar refractivity (Wildman–Crippen MR) is 78.2 cm³/mol. The van der Waals surface area contributed by atoms with Gasteiger partial charge < -0.3 is 10.5 Å². The molecule has 1 aromatic carbocycles. The minimum absolute atomic E-state index is 0.144. The first-order chi connectivity index (χ1) is 9.51. The van der Waals surface area contributed by atoms with Gasteiger partial charge in [-0.15, -0.1) is 0 Å². The zero-order valence-corrected chi connectivity index (χ0v) is 12.5. The molecular weight excluding hydrogens is 276 g/mol. The van der Waals surface area contributed by atoms with Crippen LogP contribution in [0.3, 0.4) is 0 Å². The molecule has 1 aliphatic carbocycles. The van der Waals surface area contributed by atoms with Crippen molar-refractivity contribution in [3.8, 4) is 5.75 Å². The molecule has 112 valence electrons. The number of benzene rings is 1. The second-order valence-electron chi connectivity index (χ2n) is 5.18. The maximum absolute atomic E-state index is 11.9. The Balaban J connectivity index is 1.99. The summed E-state index contributed by atoms with van der Waals surface area (Å²) < 4.78 is 32.2. The van der Waals surface area contributed by atoms with Crippen molar-refractivity contribution in [2.45, 2.75) is 49.6 Å². The Morgan fingerprint density at radius 3 is 2.55 bits per heavy atom. The van der Waals surface area contributed by atoms with Crippen LogP contribution in [0.5, 0.6) is 5.75 Å². The van der Waals surface area contributed by atoms with Gasteiger partial charge in [0.25, 0.3) is 0 Å². The molecule has 2 unspecified atom stereocenters. The van der Waals surface area contributed by atoms with E-state index in [0.717, 1.165) is 25.7 Å². The van der Waals surface area contributed by atoms with Crippen LogP contribution in [0.2, 0.25) is 0 Å². The third-order valence-electron chi connectivity index (χ3n) is 3.40. The third kappa shape index (κ3) is 3.94. The van der Waals surface area contributed by atoms with Crippen molar-refractivity contribution >= 4 is 10.0 Å². The fourth-order valence-electron chi connectivity index (χ4n) is 2.29. The lowest BCUT2D eigenvalue weighted by Gasteiger charge is -2.14. The average Bonchev–Trinajstić information content (AvgIpc) is 2.82. The molecule has 1 saturated carbocycles. The first-order valence-electron chi connectivity index (χ1n) is 7.03. The van der Waals surface area contributed by atoms with E-state index in [1.807, 2.05) is 6.92 Å². The number of hydrogen-bond acceptors (Lipinski definition) is 4. The lowest BCUT2D eigenvalue weighted by atomic mass is 10.3. The van der Waals surface area contributed by atoms with Gasteiger partial charge in [-0.1, -0.05) is 6.92 Å². The predicted octanol–water partition coefficient (Wildman–Crippen LogP) is 1.63. The molecule has 0 radical (unpaired) electrons. The van der Waals surface area contributed by atoms with Crippen LogP contribution in [0.25, 0.3) is 0 Å². The Morgan fingerprint density at radius 1 is 1.30 bits per heavy atom. The Morgan fingerprint density at radius 2 is 2.00 bits per heavy atom. The number of rotatable bonds is 6. The van der Waals surface area contributed by atoms with E-state index >= 15 is 0 Å². The van der Waals surface area contributed by atoms with Crippen LogP contribution >= 0.6 is 0 Å². The summed E-state index contributed by atoms with van der Waals surface area (Å²) in [6.07, 6.45) is 3.71. The molecular formula is C14H22N2O3S. The lowest BCUT2D eigenvalue weighted by molar-refractivity contribution is 0.208. The van der Waals surface area contributed by atoms with Crippen molar-refractivity contribution in [1.29, 1.82) is 0 Å². The van der Waals surface area contributed by atoms with Crippen LogP contribution in [0.4, 0.5) is 0 Å². The summed E-state index contributed by atoms with van der Waals surface area (Å²) in [5.41, 5.74) is 5.84. The summed E-state index contributed by atoms with van der Waals surface area (Å²) in [4.78, 5) is 0.265. The van der Waals surface area contributed by atoms with Gasteiger partial charge in [0.2, 0.25) is 10.0 Å². The van der Waals surface area contributed by atoms with Crippen LogP contribution in [-0.4, -0.2) is 27.1 Å². The second-order valence-corrected chi connectivity index (χ2v) is 6.95. The van der Waals surface area contributed by atoms with E-state index in [0.29, 0.717) is 12.3 Å². The summed E-state index contributed by atoms with van der Waals surface area (Å²) in [5.74, 6) is 0.693. The molecule has 6 heteroatoms. The molecule has 1 aliphatic rings. The first-order valence-corrected chi connectivity index (χ1v) is 8.51. The molecule has 5 nitrogen and oxygen atoms in total. The van der Waals surface area contributed by atoms with Gasteiger partial charge in [-0.2, -0.15) is 0 Å². The zero-order valence-electron chi connectivity index (χ0n) is 11.7. The molecule has 20 heavy (non-hydrogen) atoms. The van der Waals surface area contributed by atoms with E-state index in [1.54, 1.807) is 24.3 Å². The van der Waals surface area contributed by atoms with Crippen molar-refractivity contribution in [3.05, 3.63) is 24.3 Å². The molecule has 1 aromatic rings. The van der Waals surface area contributed by atoms with Gasteiger partial charge in [0.05, 0.1) is 4.90 Å². The maximum Gasteiger partial charge on any atom is 0.240 e. The molecule has 0 saturated heterocycles. The molecule has 0 aromatic heterocycles. The third-order valence-corrected chi connectivity index (χ3v) is 4.88. The molecule has 0 amide bonds. The van der Waals surface area contributed by atoms with Gasteiger partial charge >= 0.3 is 0 Å². The van der Waals surface area contributed by atoms with Crippen LogP contribution in [0.15, 0.2) is 29.2 Å². The Kier molecular flexibility index (Phi) is 5.01. The normalized spacial score (nSPS) is 22.9. The number of nitrogens with one attached hydrogen (secondary N) is 1. The summed E-state index contributed by atoms with van der Waals surface area (Å²) in [6.45, 7) is 2.37. The van der Waals surface area contributed by atoms with Gasteiger partial charge in [-0.05, 0) is 49.9 Å². The van der Waals surface area contributed by atoms with Crippen molar-refractivity contribution < 1.29 is 13.2 Å². The van der Waals surface area contributed by atoms with Crippen molar-refractivity contribution in [2.24, 2.45) is 5.73 Å². The molecule has 2 rings (SSSR count). The first kappa shape index (κ1) is 15.3. The van der Waals surface area contributed by atoms with Gasteiger partial charge in [-0.25, -0.2) is 13.1 Å². The summed E-state index contributed by atoms with van der Waals surface area (Å²) >= 11 is 0. The highest BCUT2D eigenvalue weighted by Gasteiger charge is 2.23. The van der Waals surface area contributed by atoms with E-state index in [1.165, 1.54) is 0 Å². The molecule has 0 aliphatic heterocycles. The molecule has 1 fully saturated rings. The van der Waals surface area contributed by atoms with Gasteiger partial charge in [0, 0.05) is 12.6 Å². The fraction of sp³-hybridized carbons (Fsp3) is 0.571. The largest absolute Gasteiger partial charge is 0.490 e. The number of nitrogens with two attached hydrogens (primary N) is 1. The van der Waals surface area contributed by atoms with E-state index in [-0.39, 0.29) is 17.0 Å². The Labute approximate surface area is 120 Å². The topological polar surface area (TPSA) is 81.4 Å². The lowest BCUT2D eigenvalue weighted by Crippen LogP contribution is -2.24. The SMILES string of the molecule is CCCNS(=O)(=O)c1ccc(OC2CCC(N)C2)cc1. The fourth-order valence-corrected chi connectivity index (χ4v) is 3.42. The van der Waals surface area contributed by atoms with Crippen LogP contribution in [0.1, 0.15) is 32.6 Å². The van der Waals surface area contributed by atoms with Gasteiger partial charge in [0.15, 0.2) is 0 Å². The standard InChI is InChI=1S/C14H22N2O3S/c1-2-9-16-20(17,18)14-7-5-12(6-8-14)19-13-4-3-11(15)10-13/h5-8,11,13,16H,2-4,9-10,15H2,1H3. The van der Waals surface area contributed by atoms with E-state index in [2.05, 4.69) is 4.72 Å². The van der Waals surface area contributed by atoms with Gasteiger partial charge in [-0.3, -0.25) is 0 Å². The molecule has 2 atom stereocenters. The highest BCUT2D eigenvalue weighted by molar-refractivity contribution is 7.89. The minimum Gasteiger partial charge on any atom is -0.490 e.